The van der Waals surface area contributed by atoms with Gasteiger partial charge in [0.2, 0.25) is 0 Å². The molecule has 0 aromatic carbocycles. The zero-order chi connectivity index (χ0) is 7.99. The van der Waals surface area contributed by atoms with Crippen LogP contribution in [0.2, 0.25) is 0 Å². The Morgan fingerprint density at radius 3 is 2.10 bits per heavy atom. The molecule has 0 aromatic rings. The van der Waals surface area contributed by atoms with Gasteiger partial charge in [-0.2, -0.15) is 8.42 Å². The molecule has 3 nitrogen and oxygen atoms in total. The van der Waals surface area contributed by atoms with Crippen molar-refractivity contribution in [3.63, 3.8) is 0 Å². The highest BCUT2D eigenvalue weighted by Crippen LogP contribution is 2.43. The number of rotatable bonds is 1. The van der Waals surface area contributed by atoms with E-state index in [0.717, 1.165) is 6.42 Å². The molecular formula is C6H12O3S. The van der Waals surface area contributed by atoms with Gasteiger partial charge in [0.1, 0.15) is 0 Å². The lowest BCUT2D eigenvalue weighted by Gasteiger charge is -2.41. The molecule has 4 heteroatoms. The summed E-state index contributed by atoms with van der Waals surface area (Å²) in [7, 11) is -3.81. The van der Waals surface area contributed by atoms with Crippen molar-refractivity contribution in [1.29, 1.82) is 0 Å². The second-order valence-electron chi connectivity index (χ2n) is 3.23. The Labute approximate surface area is 61.2 Å². The summed E-state index contributed by atoms with van der Waals surface area (Å²) in [4.78, 5) is 0. The lowest BCUT2D eigenvalue weighted by molar-refractivity contribution is 0.226. The van der Waals surface area contributed by atoms with Crippen LogP contribution in [0.3, 0.4) is 0 Å². The van der Waals surface area contributed by atoms with Crippen molar-refractivity contribution in [2.24, 2.45) is 5.92 Å². The topological polar surface area (TPSA) is 54.4 Å². The summed E-state index contributed by atoms with van der Waals surface area (Å²) in [5.41, 5.74) is 0. The molecule has 1 fully saturated rings. The van der Waals surface area contributed by atoms with Crippen LogP contribution >= 0.6 is 0 Å². The molecule has 0 saturated heterocycles. The Morgan fingerprint density at radius 1 is 1.60 bits per heavy atom. The van der Waals surface area contributed by atoms with E-state index in [1.165, 1.54) is 0 Å². The van der Waals surface area contributed by atoms with E-state index in [1.54, 1.807) is 6.92 Å². The molecule has 2 atom stereocenters. The first-order valence-corrected chi connectivity index (χ1v) is 4.79. The SMILES string of the molecule is CC1CCC1(C)S(=O)(=O)O. The van der Waals surface area contributed by atoms with Gasteiger partial charge in [0.15, 0.2) is 0 Å². The minimum absolute atomic E-state index is 0.0995. The molecule has 2 unspecified atom stereocenters. The first-order valence-electron chi connectivity index (χ1n) is 3.35. The fourth-order valence-electron chi connectivity index (χ4n) is 1.22. The van der Waals surface area contributed by atoms with Crippen molar-refractivity contribution in [3.05, 3.63) is 0 Å². The molecule has 0 aromatic heterocycles. The number of hydrogen-bond donors (Lipinski definition) is 1. The van der Waals surface area contributed by atoms with Crippen LogP contribution in [0.15, 0.2) is 0 Å². The van der Waals surface area contributed by atoms with Crippen molar-refractivity contribution in [3.8, 4) is 0 Å². The summed E-state index contributed by atoms with van der Waals surface area (Å²) in [5, 5.41) is 0. The molecule has 1 rings (SSSR count). The third-order valence-electron chi connectivity index (χ3n) is 2.71. The van der Waals surface area contributed by atoms with Crippen LogP contribution in [0, 0.1) is 5.92 Å². The highest BCUT2D eigenvalue weighted by molar-refractivity contribution is 7.87. The summed E-state index contributed by atoms with van der Waals surface area (Å²) in [6.45, 7) is 3.44. The Morgan fingerprint density at radius 2 is 2.10 bits per heavy atom. The third-order valence-corrected chi connectivity index (χ3v) is 4.49. The molecule has 1 aliphatic rings. The lowest BCUT2D eigenvalue weighted by Crippen LogP contribution is -2.49. The van der Waals surface area contributed by atoms with Crippen molar-refractivity contribution in [1.82, 2.24) is 0 Å². The lowest BCUT2D eigenvalue weighted by atomic mass is 9.75. The van der Waals surface area contributed by atoms with Gasteiger partial charge in [-0.3, -0.25) is 4.55 Å². The highest BCUT2D eigenvalue weighted by Gasteiger charge is 2.49. The van der Waals surface area contributed by atoms with Gasteiger partial charge in [0.25, 0.3) is 10.1 Å². The predicted molar refractivity (Wildman–Crippen MR) is 38.4 cm³/mol. The largest absolute Gasteiger partial charge is 0.285 e. The van der Waals surface area contributed by atoms with E-state index in [-0.39, 0.29) is 5.92 Å². The maximum absolute atomic E-state index is 10.7. The van der Waals surface area contributed by atoms with E-state index in [0.29, 0.717) is 6.42 Å². The normalized spacial score (nSPS) is 40.9. The molecule has 0 amide bonds. The molecule has 60 valence electrons. The Bertz CT molecular complexity index is 231. The van der Waals surface area contributed by atoms with Gasteiger partial charge in [-0.05, 0) is 25.7 Å². The van der Waals surface area contributed by atoms with Crippen LogP contribution in [0.25, 0.3) is 0 Å². The standard InChI is InChI=1S/C6H12O3S/c1-5-3-4-6(5,2)10(7,8)9/h5H,3-4H2,1-2H3,(H,7,8,9). The van der Waals surface area contributed by atoms with Gasteiger partial charge >= 0.3 is 0 Å². The van der Waals surface area contributed by atoms with Crippen molar-refractivity contribution < 1.29 is 13.0 Å². The van der Waals surface area contributed by atoms with E-state index in [1.807, 2.05) is 6.92 Å². The molecule has 0 aliphatic heterocycles. The van der Waals surface area contributed by atoms with Crippen LogP contribution in [-0.2, 0) is 10.1 Å². The van der Waals surface area contributed by atoms with Crippen molar-refractivity contribution >= 4 is 10.1 Å². The van der Waals surface area contributed by atoms with E-state index in [9.17, 15) is 8.42 Å². The Balaban J connectivity index is 2.91. The van der Waals surface area contributed by atoms with E-state index in [2.05, 4.69) is 0 Å². The molecule has 1 N–H and O–H groups in total. The van der Waals surface area contributed by atoms with Crippen LogP contribution in [0.4, 0.5) is 0 Å². The number of hydrogen-bond acceptors (Lipinski definition) is 2. The van der Waals surface area contributed by atoms with Gasteiger partial charge in [-0.1, -0.05) is 6.92 Å². The van der Waals surface area contributed by atoms with Crippen molar-refractivity contribution in [2.45, 2.75) is 31.4 Å². The second kappa shape index (κ2) is 1.95. The van der Waals surface area contributed by atoms with Gasteiger partial charge in [0, 0.05) is 0 Å². The monoisotopic (exact) mass is 164 g/mol. The highest BCUT2D eigenvalue weighted by atomic mass is 32.2. The minimum atomic E-state index is -3.81. The predicted octanol–water partition coefficient (Wildman–Crippen LogP) is 1.06. The van der Waals surface area contributed by atoms with Gasteiger partial charge in [0.05, 0.1) is 4.75 Å². The maximum atomic E-state index is 10.7. The van der Waals surface area contributed by atoms with Crippen LogP contribution in [-0.4, -0.2) is 17.7 Å². The molecular weight excluding hydrogens is 152 g/mol. The quantitative estimate of drug-likeness (QED) is 0.590. The Hall–Kier alpha value is -0.0900. The van der Waals surface area contributed by atoms with E-state index in [4.69, 9.17) is 4.55 Å². The summed E-state index contributed by atoms with van der Waals surface area (Å²) in [5.74, 6) is 0.0995. The first-order chi connectivity index (χ1) is 4.38. The third kappa shape index (κ3) is 0.864. The molecule has 1 saturated carbocycles. The smallest absolute Gasteiger partial charge is 0.270 e. The van der Waals surface area contributed by atoms with Crippen LogP contribution < -0.4 is 0 Å². The van der Waals surface area contributed by atoms with E-state index < -0.39 is 14.9 Å². The molecule has 0 spiro atoms. The fraction of sp³-hybridized carbons (Fsp3) is 1.00. The fourth-order valence-corrected chi connectivity index (χ4v) is 2.22. The summed E-state index contributed by atoms with van der Waals surface area (Å²) in [6.07, 6.45) is 1.49. The van der Waals surface area contributed by atoms with Gasteiger partial charge in [-0.15, -0.1) is 0 Å². The molecule has 1 aliphatic carbocycles. The zero-order valence-corrected chi connectivity index (χ0v) is 6.98. The van der Waals surface area contributed by atoms with Crippen LogP contribution in [0.5, 0.6) is 0 Å². The first kappa shape index (κ1) is 8.01. The molecule has 0 bridgehead atoms. The van der Waals surface area contributed by atoms with Gasteiger partial charge in [-0.25, -0.2) is 0 Å². The van der Waals surface area contributed by atoms with E-state index >= 15 is 0 Å². The summed E-state index contributed by atoms with van der Waals surface area (Å²) < 4.78 is 29.3. The molecule has 0 radical (unpaired) electrons. The minimum Gasteiger partial charge on any atom is -0.285 e. The molecule has 10 heavy (non-hydrogen) atoms. The van der Waals surface area contributed by atoms with Crippen molar-refractivity contribution in [2.75, 3.05) is 0 Å². The maximum Gasteiger partial charge on any atom is 0.270 e. The Kier molecular flexibility index (Phi) is 1.56. The zero-order valence-electron chi connectivity index (χ0n) is 6.16. The summed E-state index contributed by atoms with van der Waals surface area (Å²) in [6, 6.07) is 0. The second-order valence-corrected chi connectivity index (χ2v) is 5.11. The van der Waals surface area contributed by atoms with Crippen LogP contribution in [0.1, 0.15) is 26.7 Å². The van der Waals surface area contributed by atoms with Gasteiger partial charge < -0.3 is 0 Å². The average molecular weight is 164 g/mol. The average Bonchev–Trinajstić information content (AvgIpc) is 1.80. The summed E-state index contributed by atoms with van der Waals surface area (Å²) >= 11 is 0. The molecule has 0 heterocycles.